The number of Topliss-reactive ketones (excluding diaryl/α,β-unsaturated/α-hetero) is 2. The quantitative estimate of drug-likeness (QED) is 0.473. The molecule has 0 saturated carbocycles. The SMILES string of the molecule is COC(=O)C(=O)C1CSc2ccc(OC)cc2C1=O. The molecule has 1 unspecified atom stereocenters. The van der Waals surface area contributed by atoms with Gasteiger partial charge in [0.2, 0.25) is 0 Å². The van der Waals surface area contributed by atoms with Crippen molar-refractivity contribution in [1.29, 1.82) is 0 Å². The predicted molar refractivity (Wildman–Crippen MR) is 68.6 cm³/mol. The normalized spacial score (nSPS) is 17.6. The summed E-state index contributed by atoms with van der Waals surface area (Å²) in [5.74, 6) is -2.32. The molecular formula is C13H12O5S. The predicted octanol–water partition coefficient (Wildman–Crippen LogP) is 1.34. The van der Waals surface area contributed by atoms with Crippen LogP contribution < -0.4 is 4.74 Å². The zero-order valence-electron chi connectivity index (χ0n) is 10.5. The van der Waals surface area contributed by atoms with Crippen molar-refractivity contribution >= 4 is 29.3 Å². The van der Waals surface area contributed by atoms with E-state index < -0.39 is 17.7 Å². The Bertz CT molecular complexity index is 552. The first kappa shape index (κ1) is 13.6. The van der Waals surface area contributed by atoms with Crippen LogP contribution >= 0.6 is 11.8 Å². The van der Waals surface area contributed by atoms with Crippen molar-refractivity contribution in [3.8, 4) is 5.75 Å². The maximum absolute atomic E-state index is 12.2. The van der Waals surface area contributed by atoms with Gasteiger partial charge in [-0.1, -0.05) is 0 Å². The van der Waals surface area contributed by atoms with E-state index in [-0.39, 0.29) is 11.5 Å². The number of thioether (sulfide) groups is 1. The summed E-state index contributed by atoms with van der Waals surface area (Å²) in [6.07, 6.45) is 0. The molecule has 0 aromatic heterocycles. The third-order valence-electron chi connectivity index (χ3n) is 2.88. The van der Waals surface area contributed by atoms with E-state index >= 15 is 0 Å². The zero-order chi connectivity index (χ0) is 14.0. The molecule has 1 aliphatic heterocycles. The van der Waals surface area contributed by atoms with E-state index in [0.29, 0.717) is 11.3 Å². The van der Waals surface area contributed by atoms with E-state index in [2.05, 4.69) is 4.74 Å². The summed E-state index contributed by atoms with van der Waals surface area (Å²) in [6, 6.07) is 5.11. The lowest BCUT2D eigenvalue weighted by atomic mass is 9.94. The van der Waals surface area contributed by atoms with Crippen molar-refractivity contribution in [3.05, 3.63) is 23.8 Å². The Labute approximate surface area is 114 Å². The van der Waals surface area contributed by atoms with Crippen LogP contribution in [-0.2, 0) is 14.3 Å². The highest BCUT2D eigenvalue weighted by molar-refractivity contribution is 7.99. The van der Waals surface area contributed by atoms with Crippen LogP contribution in [0.5, 0.6) is 5.75 Å². The third kappa shape index (κ3) is 2.49. The summed E-state index contributed by atoms with van der Waals surface area (Å²) in [5.41, 5.74) is 0.415. The number of hydrogen-bond acceptors (Lipinski definition) is 6. The average Bonchev–Trinajstić information content (AvgIpc) is 2.46. The van der Waals surface area contributed by atoms with Gasteiger partial charge in [0.1, 0.15) is 11.7 Å². The Balaban J connectivity index is 2.33. The Kier molecular flexibility index (Phi) is 3.90. The van der Waals surface area contributed by atoms with Gasteiger partial charge in [-0.3, -0.25) is 9.59 Å². The number of ether oxygens (including phenoxy) is 2. The molecule has 1 heterocycles. The Morgan fingerprint density at radius 1 is 1.32 bits per heavy atom. The van der Waals surface area contributed by atoms with Crippen LogP contribution in [0.2, 0.25) is 0 Å². The van der Waals surface area contributed by atoms with Crippen molar-refractivity contribution in [2.45, 2.75) is 4.90 Å². The molecule has 0 spiro atoms. The summed E-state index contributed by atoms with van der Waals surface area (Å²) in [7, 11) is 2.62. The Hall–Kier alpha value is -1.82. The van der Waals surface area contributed by atoms with Gasteiger partial charge in [0, 0.05) is 16.2 Å². The van der Waals surface area contributed by atoms with Gasteiger partial charge in [-0.2, -0.15) is 0 Å². The minimum absolute atomic E-state index is 0.256. The fraction of sp³-hybridized carbons (Fsp3) is 0.308. The molecule has 0 N–H and O–H groups in total. The van der Waals surface area contributed by atoms with Crippen molar-refractivity contribution in [2.75, 3.05) is 20.0 Å². The molecule has 1 atom stereocenters. The number of methoxy groups -OCH3 is 2. The molecule has 0 saturated heterocycles. The van der Waals surface area contributed by atoms with Gasteiger partial charge in [0.15, 0.2) is 5.78 Å². The summed E-state index contributed by atoms with van der Waals surface area (Å²) in [4.78, 5) is 36.0. The molecule has 19 heavy (non-hydrogen) atoms. The van der Waals surface area contributed by atoms with Crippen molar-refractivity contribution in [2.24, 2.45) is 5.92 Å². The zero-order valence-corrected chi connectivity index (χ0v) is 11.3. The van der Waals surface area contributed by atoms with Gasteiger partial charge in [-0.25, -0.2) is 4.79 Å². The summed E-state index contributed by atoms with van der Waals surface area (Å²) in [6.45, 7) is 0. The first-order valence-corrected chi connectivity index (χ1v) is 6.54. The minimum Gasteiger partial charge on any atom is -0.497 e. The lowest BCUT2D eigenvalue weighted by molar-refractivity contribution is -0.152. The van der Waals surface area contributed by atoms with E-state index in [4.69, 9.17) is 4.74 Å². The summed E-state index contributed by atoms with van der Waals surface area (Å²) >= 11 is 1.37. The van der Waals surface area contributed by atoms with Crippen LogP contribution in [-0.4, -0.2) is 37.5 Å². The summed E-state index contributed by atoms with van der Waals surface area (Å²) in [5, 5.41) is 0. The van der Waals surface area contributed by atoms with Gasteiger partial charge in [-0.15, -0.1) is 11.8 Å². The molecular weight excluding hydrogens is 268 g/mol. The number of carbonyl (C=O) groups is 3. The largest absolute Gasteiger partial charge is 0.497 e. The number of benzene rings is 1. The fourth-order valence-corrected chi connectivity index (χ4v) is 2.96. The van der Waals surface area contributed by atoms with Crippen LogP contribution in [0.25, 0.3) is 0 Å². The maximum atomic E-state index is 12.2. The second-order valence-electron chi connectivity index (χ2n) is 3.95. The molecule has 0 bridgehead atoms. The number of fused-ring (bicyclic) bond motifs is 1. The van der Waals surface area contributed by atoms with E-state index in [1.165, 1.54) is 18.9 Å². The lowest BCUT2D eigenvalue weighted by Crippen LogP contribution is -2.35. The minimum atomic E-state index is -0.981. The molecule has 0 radical (unpaired) electrons. The van der Waals surface area contributed by atoms with Crippen LogP contribution in [0.15, 0.2) is 23.1 Å². The molecule has 1 aromatic rings. The topological polar surface area (TPSA) is 69.7 Å². The van der Waals surface area contributed by atoms with Crippen molar-refractivity contribution < 1.29 is 23.9 Å². The molecule has 0 aliphatic carbocycles. The first-order valence-electron chi connectivity index (χ1n) is 5.55. The van der Waals surface area contributed by atoms with Crippen LogP contribution in [0.3, 0.4) is 0 Å². The van der Waals surface area contributed by atoms with Crippen molar-refractivity contribution in [1.82, 2.24) is 0 Å². The monoisotopic (exact) mass is 280 g/mol. The molecule has 0 fully saturated rings. The van der Waals surface area contributed by atoms with Crippen LogP contribution in [0.4, 0.5) is 0 Å². The molecule has 5 nitrogen and oxygen atoms in total. The molecule has 0 amide bonds. The molecule has 1 aliphatic rings. The second-order valence-corrected chi connectivity index (χ2v) is 5.01. The lowest BCUT2D eigenvalue weighted by Gasteiger charge is -2.21. The number of rotatable bonds is 3. The summed E-state index contributed by atoms with van der Waals surface area (Å²) < 4.78 is 9.43. The number of esters is 1. The molecule has 2 rings (SSSR count). The highest BCUT2D eigenvalue weighted by Crippen LogP contribution is 2.35. The van der Waals surface area contributed by atoms with Gasteiger partial charge >= 0.3 is 5.97 Å². The smallest absolute Gasteiger partial charge is 0.375 e. The highest BCUT2D eigenvalue weighted by Gasteiger charge is 2.37. The van der Waals surface area contributed by atoms with E-state index in [1.807, 2.05) is 0 Å². The molecule has 1 aromatic carbocycles. The van der Waals surface area contributed by atoms with Gasteiger partial charge in [0.05, 0.1) is 14.2 Å². The fourth-order valence-electron chi connectivity index (χ4n) is 1.83. The number of ketones is 2. The van der Waals surface area contributed by atoms with E-state index in [1.54, 1.807) is 18.2 Å². The Morgan fingerprint density at radius 3 is 2.68 bits per heavy atom. The van der Waals surface area contributed by atoms with Gasteiger partial charge < -0.3 is 9.47 Å². The average molecular weight is 280 g/mol. The van der Waals surface area contributed by atoms with E-state index in [9.17, 15) is 14.4 Å². The number of carbonyl (C=O) groups excluding carboxylic acids is 3. The highest BCUT2D eigenvalue weighted by atomic mass is 32.2. The van der Waals surface area contributed by atoms with Crippen LogP contribution in [0, 0.1) is 5.92 Å². The third-order valence-corrected chi connectivity index (χ3v) is 4.04. The van der Waals surface area contributed by atoms with Crippen LogP contribution in [0.1, 0.15) is 10.4 Å². The molecule has 100 valence electrons. The molecule has 6 heteroatoms. The standard InChI is InChI=1S/C13H12O5S/c1-17-7-3-4-10-8(5-7)11(14)9(6-19-10)12(15)13(16)18-2/h3-5,9H,6H2,1-2H3. The Morgan fingerprint density at radius 2 is 2.05 bits per heavy atom. The van der Waals surface area contributed by atoms with Gasteiger partial charge in [-0.05, 0) is 18.2 Å². The first-order chi connectivity index (χ1) is 9.08. The van der Waals surface area contributed by atoms with Gasteiger partial charge in [0.25, 0.3) is 5.78 Å². The number of hydrogen-bond donors (Lipinski definition) is 0. The van der Waals surface area contributed by atoms with E-state index in [0.717, 1.165) is 12.0 Å². The van der Waals surface area contributed by atoms with Crippen molar-refractivity contribution in [3.63, 3.8) is 0 Å². The maximum Gasteiger partial charge on any atom is 0.375 e. The second kappa shape index (κ2) is 5.44.